The van der Waals surface area contributed by atoms with Crippen LogP contribution < -0.4 is 5.32 Å². The molecule has 1 aliphatic carbocycles. The molecule has 1 aromatic carbocycles. The normalized spacial score (nSPS) is 26.9. The number of amides is 1. The summed E-state index contributed by atoms with van der Waals surface area (Å²) in [5.41, 5.74) is 2.35. The van der Waals surface area contributed by atoms with E-state index >= 15 is 0 Å². The van der Waals surface area contributed by atoms with E-state index in [9.17, 15) is 4.79 Å². The van der Waals surface area contributed by atoms with Crippen molar-refractivity contribution in [1.29, 1.82) is 0 Å². The van der Waals surface area contributed by atoms with Gasteiger partial charge in [-0.15, -0.1) is 0 Å². The van der Waals surface area contributed by atoms with E-state index in [1.54, 1.807) is 6.33 Å². The fourth-order valence-electron chi connectivity index (χ4n) is 5.07. The van der Waals surface area contributed by atoms with Crippen LogP contribution in [0.1, 0.15) is 68.6 Å². The van der Waals surface area contributed by atoms with E-state index < -0.39 is 0 Å². The molecule has 1 amide bonds. The molecule has 5 nitrogen and oxygen atoms in total. The van der Waals surface area contributed by atoms with Crippen LogP contribution in [0.15, 0.2) is 24.5 Å². The predicted molar refractivity (Wildman–Crippen MR) is 109 cm³/mol. The van der Waals surface area contributed by atoms with Gasteiger partial charge < -0.3 is 10.3 Å². The summed E-state index contributed by atoms with van der Waals surface area (Å²) in [5.74, 6) is 0.951. The number of nitrogens with one attached hydrogen (secondary N) is 2. The van der Waals surface area contributed by atoms with E-state index in [1.165, 1.54) is 51.5 Å². The first-order valence-electron chi connectivity index (χ1n) is 10.7. The summed E-state index contributed by atoms with van der Waals surface area (Å²) in [6.07, 6.45) is 12.0. The average Bonchev–Trinajstić information content (AvgIpc) is 3.18. The second-order valence-electron chi connectivity index (χ2n) is 8.38. The minimum Gasteiger partial charge on any atom is -0.348 e. The number of H-pyrrole nitrogens is 1. The van der Waals surface area contributed by atoms with Crippen molar-refractivity contribution in [3.05, 3.63) is 30.1 Å². The van der Waals surface area contributed by atoms with Gasteiger partial charge in [-0.3, -0.25) is 9.69 Å². The Hall–Kier alpha value is -1.88. The summed E-state index contributed by atoms with van der Waals surface area (Å²) in [7, 11) is 0. The highest BCUT2D eigenvalue weighted by molar-refractivity contribution is 6.04. The first-order valence-corrected chi connectivity index (χ1v) is 10.7. The first-order chi connectivity index (χ1) is 13.2. The number of aromatic nitrogens is 2. The van der Waals surface area contributed by atoms with Crippen LogP contribution >= 0.6 is 0 Å². The highest BCUT2D eigenvalue weighted by Gasteiger charge is 2.30. The highest BCUT2D eigenvalue weighted by atomic mass is 16.1. The van der Waals surface area contributed by atoms with Crippen molar-refractivity contribution < 1.29 is 4.79 Å². The number of piperidine rings is 1. The van der Waals surface area contributed by atoms with E-state index in [0.717, 1.165) is 29.9 Å². The van der Waals surface area contributed by atoms with Crippen molar-refractivity contribution in [3.63, 3.8) is 0 Å². The maximum absolute atomic E-state index is 12.8. The van der Waals surface area contributed by atoms with Gasteiger partial charge in [-0.2, -0.15) is 0 Å². The Balaban J connectivity index is 1.35. The Morgan fingerprint density at radius 2 is 2.11 bits per heavy atom. The second kappa shape index (κ2) is 8.42. The van der Waals surface area contributed by atoms with Crippen LogP contribution in [0.4, 0.5) is 0 Å². The van der Waals surface area contributed by atoms with Crippen LogP contribution in [0.25, 0.3) is 11.0 Å². The van der Waals surface area contributed by atoms with Gasteiger partial charge in [0.1, 0.15) is 5.52 Å². The van der Waals surface area contributed by atoms with E-state index in [4.69, 9.17) is 0 Å². The van der Waals surface area contributed by atoms with Crippen molar-refractivity contribution in [2.45, 2.75) is 70.4 Å². The summed E-state index contributed by atoms with van der Waals surface area (Å²) in [4.78, 5) is 22.9. The average molecular weight is 369 g/mol. The fraction of sp³-hybridized carbons (Fsp3) is 0.636. The molecular weight excluding hydrogens is 336 g/mol. The number of aromatic amines is 1. The minimum atomic E-state index is 0.00574. The zero-order valence-corrected chi connectivity index (χ0v) is 16.4. The Kier molecular flexibility index (Phi) is 5.77. The molecule has 1 saturated carbocycles. The molecule has 146 valence electrons. The molecule has 2 aliphatic rings. The number of likely N-dealkylation sites (tertiary alicyclic amines) is 1. The zero-order valence-electron chi connectivity index (χ0n) is 16.4. The standard InChI is InChI=1S/C22H32N4O/c1-2-5-16-9-11-18(12-10-16)26-13-4-6-17(14-26)25-22(27)19-7-3-8-20-21(19)24-15-23-20/h3,7-8,15-18H,2,4-6,9-14H2,1H3,(H,23,24)(H,25,27). The predicted octanol–water partition coefficient (Wildman–Crippen LogP) is 4.12. The molecule has 1 atom stereocenters. The zero-order chi connectivity index (χ0) is 18.6. The van der Waals surface area contributed by atoms with Crippen molar-refractivity contribution >= 4 is 16.9 Å². The summed E-state index contributed by atoms with van der Waals surface area (Å²) in [6.45, 7) is 4.48. The molecule has 1 aliphatic heterocycles. The van der Waals surface area contributed by atoms with Gasteiger partial charge in [0.15, 0.2) is 0 Å². The van der Waals surface area contributed by atoms with Gasteiger partial charge in [-0.05, 0) is 63.1 Å². The monoisotopic (exact) mass is 368 g/mol. The maximum atomic E-state index is 12.8. The van der Waals surface area contributed by atoms with Gasteiger partial charge in [-0.1, -0.05) is 25.8 Å². The van der Waals surface area contributed by atoms with Crippen molar-refractivity contribution in [2.75, 3.05) is 13.1 Å². The van der Waals surface area contributed by atoms with E-state index in [1.807, 2.05) is 18.2 Å². The molecule has 0 radical (unpaired) electrons. The molecule has 2 aromatic rings. The molecule has 0 bridgehead atoms. The Morgan fingerprint density at radius 3 is 2.93 bits per heavy atom. The van der Waals surface area contributed by atoms with Crippen LogP contribution in [-0.2, 0) is 0 Å². The van der Waals surface area contributed by atoms with Crippen molar-refractivity contribution in [3.8, 4) is 0 Å². The van der Waals surface area contributed by atoms with Gasteiger partial charge in [0.25, 0.3) is 5.91 Å². The topological polar surface area (TPSA) is 61.0 Å². The van der Waals surface area contributed by atoms with Crippen LogP contribution in [0.3, 0.4) is 0 Å². The summed E-state index contributed by atoms with van der Waals surface area (Å²) in [5, 5.41) is 3.28. The largest absolute Gasteiger partial charge is 0.348 e. The summed E-state index contributed by atoms with van der Waals surface area (Å²) < 4.78 is 0. The fourth-order valence-corrected chi connectivity index (χ4v) is 5.07. The Morgan fingerprint density at radius 1 is 1.26 bits per heavy atom. The molecule has 1 aromatic heterocycles. The molecule has 27 heavy (non-hydrogen) atoms. The number of hydrogen-bond donors (Lipinski definition) is 2. The molecule has 5 heteroatoms. The van der Waals surface area contributed by atoms with Crippen LogP contribution in [0.5, 0.6) is 0 Å². The van der Waals surface area contributed by atoms with E-state index in [0.29, 0.717) is 11.6 Å². The smallest absolute Gasteiger partial charge is 0.253 e. The Bertz CT molecular complexity index is 763. The molecule has 0 spiro atoms. The summed E-state index contributed by atoms with van der Waals surface area (Å²) in [6, 6.07) is 6.70. The molecule has 1 unspecified atom stereocenters. The van der Waals surface area contributed by atoms with Gasteiger partial charge in [-0.25, -0.2) is 4.98 Å². The molecular formula is C22H32N4O. The van der Waals surface area contributed by atoms with Crippen molar-refractivity contribution in [1.82, 2.24) is 20.2 Å². The number of rotatable bonds is 5. The highest BCUT2D eigenvalue weighted by Crippen LogP contribution is 2.31. The SMILES string of the molecule is CCCC1CCC(N2CCCC(NC(=O)c3cccc4[nH]cnc34)C2)CC1. The minimum absolute atomic E-state index is 0.00574. The third-order valence-corrected chi connectivity index (χ3v) is 6.51. The quantitative estimate of drug-likeness (QED) is 0.835. The number of para-hydroxylation sites is 1. The lowest BCUT2D eigenvalue weighted by Crippen LogP contribution is -2.51. The van der Waals surface area contributed by atoms with Crippen LogP contribution in [0, 0.1) is 5.92 Å². The third kappa shape index (κ3) is 4.18. The molecule has 2 N–H and O–H groups in total. The number of nitrogens with zero attached hydrogens (tertiary/aromatic N) is 2. The first kappa shape index (κ1) is 18.5. The molecule has 1 saturated heterocycles. The van der Waals surface area contributed by atoms with Gasteiger partial charge in [0.2, 0.25) is 0 Å². The lowest BCUT2D eigenvalue weighted by molar-refractivity contribution is 0.0798. The van der Waals surface area contributed by atoms with E-state index in [-0.39, 0.29) is 11.9 Å². The van der Waals surface area contributed by atoms with Crippen LogP contribution in [0.2, 0.25) is 0 Å². The van der Waals surface area contributed by atoms with Crippen LogP contribution in [-0.4, -0.2) is 45.9 Å². The Labute approximate surface area is 161 Å². The van der Waals surface area contributed by atoms with Gasteiger partial charge in [0.05, 0.1) is 17.4 Å². The molecule has 4 rings (SSSR count). The number of imidazole rings is 1. The number of carbonyl (C=O) groups is 1. The number of fused-ring (bicyclic) bond motifs is 1. The van der Waals surface area contributed by atoms with Crippen molar-refractivity contribution in [2.24, 2.45) is 5.92 Å². The lowest BCUT2D eigenvalue weighted by atomic mass is 9.82. The summed E-state index contributed by atoms with van der Waals surface area (Å²) >= 11 is 0. The molecule has 2 fully saturated rings. The third-order valence-electron chi connectivity index (χ3n) is 6.51. The van der Waals surface area contributed by atoms with Gasteiger partial charge in [0, 0.05) is 18.6 Å². The lowest BCUT2D eigenvalue weighted by Gasteiger charge is -2.41. The van der Waals surface area contributed by atoms with E-state index in [2.05, 4.69) is 27.1 Å². The second-order valence-corrected chi connectivity index (χ2v) is 8.38. The van der Waals surface area contributed by atoms with Gasteiger partial charge >= 0.3 is 0 Å². The number of hydrogen-bond acceptors (Lipinski definition) is 3. The maximum Gasteiger partial charge on any atom is 0.253 e. The number of benzene rings is 1. The molecule has 2 heterocycles. The number of carbonyl (C=O) groups excluding carboxylic acids is 1.